The zero-order chi connectivity index (χ0) is 13.1. The molecule has 0 aliphatic carbocycles. The van der Waals surface area contributed by atoms with Crippen LogP contribution in [0.3, 0.4) is 0 Å². The number of halogens is 3. The summed E-state index contributed by atoms with van der Waals surface area (Å²) in [5.41, 5.74) is 0.370. The van der Waals surface area contributed by atoms with Gasteiger partial charge in [-0.3, -0.25) is 9.67 Å². The summed E-state index contributed by atoms with van der Waals surface area (Å²) in [5.74, 6) is 0.212. The predicted molar refractivity (Wildman–Crippen MR) is 59.5 cm³/mol. The van der Waals surface area contributed by atoms with E-state index < -0.39 is 12.2 Å². The molecule has 0 radical (unpaired) electrons. The summed E-state index contributed by atoms with van der Waals surface area (Å²) >= 11 is 0. The van der Waals surface area contributed by atoms with Crippen LogP contribution >= 0.6 is 0 Å². The first-order valence-corrected chi connectivity index (χ1v) is 4.70. The number of nitrogens with one attached hydrogen (secondary N) is 1. The van der Waals surface area contributed by atoms with Gasteiger partial charge in [-0.25, -0.2) is 4.99 Å². The molecular formula is C9H12F3N5. The Balaban J connectivity index is 2.82. The van der Waals surface area contributed by atoms with E-state index in [4.69, 9.17) is 0 Å². The molecule has 1 N–H and O–H groups in total. The fourth-order valence-corrected chi connectivity index (χ4v) is 1.06. The van der Waals surface area contributed by atoms with Crippen LogP contribution in [0, 0.1) is 0 Å². The molecule has 94 valence electrons. The zero-order valence-electron chi connectivity index (χ0n) is 9.36. The van der Waals surface area contributed by atoms with Gasteiger partial charge in [0.1, 0.15) is 6.04 Å². The van der Waals surface area contributed by atoms with Gasteiger partial charge in [-0.05, 0) is 13.6 Å². The highest BCUT2D eigenvalue weighted by molar-refractivity contribution is 5.96. The molecule has 17 heavy (non-hydrogen) atoms. The molecule has 1 aromatic heterocycles. The van der Waals surface area contributed by atoms with Crippen molar-refractivity contribution in [1.29, 1.82) is 0 Å². The predicted octanol–water partition coefficient (Wildman–Crippen LogP) is 2.10. The molecule has 0 saturated heterocycles. The van der Waals surface area contributed by atoms with E-state index >= 15 is 0 Å². The van der Waals surface area contributed by atoms with Crippen molar-refractivity contribution in [3.63, 3.8) is 0 Å². The second-order valence-corrected chi connectivity index (χ2v) is 3.26. The highest BCUT2D eigenvalue weighted by atomic mass is 19.4. The molecule has 1 atom stereocenters. The number of hydrogen-bond donors (Lipinski definition) is 1. The van der Waals surface area contributed by atoms with Crippen molar-refractivity contribution in [1.82, 2.24) is 9.78 Å². The molecule has 1 unspecified atom stereocenters. The third kappa shape index (κ3) is 3.30. The SMILES string of the molecule is C=NC(=NC)Nc1cnn(C(C)C(F)(F)F)c1. The summed E-state index contributed by atoms with van der Waals surface area (Å²) in [6.07, 6.45) is -1.84. The van der Waals surface area contributed by atoms with Gasteiger partial charge >= 0.3 is 6.18 Å². The van der Waals surface area contributed by atoms with E-state index in [1.54, 1.807) is 0 Å². The molecule has 0 aromatic carbocycles. The summed E-state index contributed by atoms with van der Waals surface area (Å²) in [6, 6.07) is -1.68. The average molecular weight is 247 g/mol. The third-order valence-electron chi connectivity index (χ3n) is 2.09. The van der Waals surface area contributed by atoms with Crippen molar-refractivity contribution in [2.24, 2.45) is 9.98 Å². The standard InChI is InChI=1S/C9H12F3N5/c1-6(9(10,11)12)17-5-7(4-15-17)16-8(13-2)14-3/h4-6H,2H2,1,3H3,(H,14,16). The summed E-state index contributed by atoms with van der Waals surface area (Å²) in [7, 11) is 1.49. The van der Waals surface area contributed by atoms with Crippen LogP contribution in [-0.4, -0.2) is 35.7 Å². The van der Waals surface area contributed by atoms with Crippen LogP contribution in [0.1, 0.15) is 13.0 Å². The molecule has 1 rings (SSSR count). The van der Waals surface area contributed by atoms with Crippen molar-refractivity contribution < 1.29 is 13.2 Å². The van der Waals surface area contributed by atoms with E-state index in [-0.39, 0.29) is 5.96 Å². The minimum absolute atomic E-state index is 0.212. The molecule has 8 heteroatoms. The fraction of sp³-hybridized carbons (Fsp3) is 0.444. The number of aliphatic imine (C=N–C) groups is 2. The minimum Gasteiger partial charge on any atom is -0.322 e. The van der Waals surface area contributed by atoms with E-state index in [0.717, 1.165) is 11.6 Å². The Morgan fingerprint density at radius 3 is 2.71 bits per heavy atom. The van der Waals surface area contributed by atoms with Crippen LogP contribution in [0.15, 0.2) is 22.4 Å². The van der Waals surface area contributed by atoms with Crippen LogP contribution in [0.2, 0.25) is 0 Å². The highest BCUT2D eigenvalue weighted by Crippen LogP contribution is 2.29. The lowest BCUT2D eigenvalue weighted by molar-refractivity contribution is -0.165. The number of nitrogens with zero attached hydrogens (tertiary/aromatic N) is 4. The Bertz CT molecular complexity index is 421. The maximum absolute atomic E-state index is 12.4. The van der Waals surface area contributed by atoms with Crippen molar-refractivity contribution in [2.75, 3.05) is 12.4 Å². The lowest BCUT2D eigenvalue weighted by atomic mass is 10.3. The maximum Gasteiger partial charge on any atom is 0.410 e. The Kier molecular flexibility index (Phi) is 3.87. The fourth-order valence-electron chi connectivity index (χ4n) is 1.06. The Morgan fingerprint density at radius 2 is 2.24 bits per heavy atom. The summed E-state index contributed by atoms with van der Waals surface area (Å²) < 4.78 is 38.0. The van der Waals surface area contributed by atoms with Gasteiger partial charge < -0.3 is 5.32 Å². The topological polar surface area (TPSA) is 54.6 Å². The van der Waals surface area contributed by atoms with Crippen LogP contribution in [0.5, 0.6) is 0 Å². The van der Waals surface area contributed by atoms with Gasteiger partial charge in [-0.15, -0.1) is 0 Å². The third-order valence-corrected chi connectivity index (χ3v) is 2.09. The molecule has 0 amide bonds. The number of anilines is 1. The van der Waals surface area contributed by atoms with Crippen LogP contribution in [-0.2, 0) is 0 Å². The van der Waals surface area contributed by atoms with Gasteiger partial charge in [0.05, 0.1) is 11.9 Å². The Labute approximate surface area is 96.1 Å². The average Bonchev–Trinajstić information content (AvgIpc) is 2.71. The molecule has 0 aliphatic rings. The van der Waals surface area contributed by atoms with Gasteiger partial charge in [-0.2, -0.15) is 18.3 Å². The second kappa shape index (κ2) is 4.98. The molecule has 5 nitrogen and oxygen atoms in total. The molecule has 0 saturated carbocycles. The van der Waals surface area contributed by atoms with Crippen molar-refractivity contribution in [2.45, 2.75) is 19.1 Å². The maximum atomic E-state index is 12.4. The summed E-state index contributed by atoms with van der Waals surface area (Å²) in [6.45, 7) is 4.28. The molecule has 0 aliphatic heterocycles. The van der Waals surface area contributed by atoms with Crippen molar-refractivity contribution in [3.05, 3.63) is 12.4 Å². The first-order chi connectivity index (χ1) is 7.88. The van der Waals surface area contributed by atoms with Crippen molar-refractivity contribution >= 4 is 18.4 Å². The van der Waals surface area contributed by atoms with Gasteiger partial charge in [0, 0.05) is 13.2 Å². The minimum atomic E-state index is -4.33. The summed E-state index contributed by atoms with van der Waals surface area (Å²) in [4.78, 5) is 7.26. The Hall–Kier alpha value is -1.86. The zero-order valence-corrected chi connectivity index (χ0v) is 9.36. The van der Waals surface area contributed by atoms with Gasteiger partial charge in [0.15, 0.2) is 0 Å². The summed E-state index contributed by atoms with van der Waals surface area (Å²) in [5, 5.41) is 6.30. The van der Waals surface area contributed by atoms with Crippen LogP contribution < -0.4 is 5.32 Å². The molecule has 0 fully saturated rings. The first-order valence-electron chi connectivity index (χ1n) is 4.70. The smallest absolute Gasteiger partial charge is 0.322 e. The van der Waals surface area contributed by atoms with E-state index in [2.05, 4.69) is 27.1 Å². The number of guanidine groups is 1. The van der Waals surface area contributed by atoms with E-state index in [1.807, 2.05) is 0 Å². The van der Waals surface area contributed by atoms with Crippen LogP contribution in [0.25, 0.3) is 0 Å². The van der Waals surface area contributed by atoms with Gasteiger partial charge in [0.2, 0.25) is 5.96 Å². The van der Waals surface area contributed by atoms with E-state index in [1.165, 1.54) is 19.4 Å². The number of alkyl halides is 3. The molecule has 0 spiro atoms. The lowest BCUT2D eigenvalue weighted by Crippen LogP contribution is -2.24. The molecule has 0 bridgehead atoms. The lowest BCUT2D eigenvalue weighted by Gasteiger charge is -2.15. The normalized spacial score (nSPS) is 14.5. The van der Waals surface area contributed by atoms with Gasteiger partial charge in [0.25, 0.3) is 0 Å². The molecule has 1 heterocycles. The van der Waals surface area contributed by atoms with Crippen LogP contribution in [0.4, 0.5) is 18.9 Å². The Morgan fingerprint density at radius 1 is 1.59 bits per heavy atom. The van der Waals surface area contributed by atoms with E-state index in [9.17, 15) is 13.2 Å². The second-order valence-electron chi connectivity index (χ2n) is 3.26. The van der Waals surface area contributed by atoms with Crippen molar-refractivity contribution in [3.8, 4) is 0 Å². The molecular weight excluding hydrogens is 235 g/mol. The van der Waals surface area contributed by atoms with E-state index in [0.29, 0.717) is 5.69 Å². The number of rotatable bonds is 2. The highest BCUT2D eigenvalue weighted by Gasteiger charge is 2.37. The first kappa shape index (κ1) is 13.2. The molecule has 1 aromatic rings. The quantitative estimate of drug-likeness (QED) is 0.642. The van der Waals surface area contributed by atoms with Gasteiger partial charge in [-0.1, -0.05) is 0 Å². The largest absolute Gasteiger partial charge is 0.410 e. The number of hydrogen-bond acceptors (Lipinski definition) is 2. The number of aromatic nitrogens is 2. The monoisotopic (exact) mass is 247 g/mol.